The standard InChI is InChI=1S/C21H26FN3O3S/c1-3-11-25(16(2)26)20-15-18(24-12-9-23-10-13-24)7-8-21(20)29(27,28)19-6-4-5-17(22)14-19/h4-8,14-15,23H,3,9-13H2,1-2H3. The summed E-state index contributed by atoms with van der Waals surface area (Å²) in [6.45, 7) is 7.01. The number of piperazine rings is 1. The second-order valence-corrected chi connectivity index (χ2v) is 8.94. The number of rotatable bonds is 6. The van der Waals surface area contributed by atoms with Crippen LogP contribution in [0.4, 0.5) is 15.8 Å². The van der Waals surface area contributed by atoms with Gasteiger partial charge in [0.15, 0.2) is 0 Å². The van der Waals surface area contributed by atoms with Crippen molar-refractivity contribution in [3.8, 4) is 0 Å². The van der Waals surface area contributed by atoms with Crippen LogP contribution in [-0.2, 0) is 14.6 Å². The zero-order valence-corrected chi connectivity index (χ0v) is 17.5. The molecule has 0 spiro atoms. The Morgan fingerprint density at radius 1 is 1.17 bits per heavy atom. The van der Waals surface area contributed by atoms with Crippen LogP contribution < -0.4 is 15.1 Å². The highest BCUT2D eigenvalue weighted by Crippen LogP contribution is 2.34. The summed E-state index contributed by atoms with van der Waals surface area (Å²) in [6, 6.07) is 9.97. The first-order valence-corrected chi connectivity index (χ1v) is 11.2. The van der Waals surface area contributed by atoms with Crippen LogP contribution >= 0.6 is 0 Å². The van der Waals surface area contributed by atoms with Gasteiger partial charge in [-0.15, -0.1) is 0 Å². The van der Waals surface area contributed by atoms with E-state index in [1.54, 1.807) is 12.1 Å². The number of hydrogen-bond acceptors (Lipinski definition) is 5. The van der Waals surface area contributed by atoms with Crippen molar-refractivity contribution in [2.45, 2.75) is 30.1 Å². The maximum absolute atomic E-state index is 13.7. The lowest BCUT2D eigenvalue weighted by atomic mass is 10.2. The van der Waals surface area contributed by atoms with Gasteiger partial charge in [-0.2, -0.15) is 0 Å². The van der Waals surface area contributed by atoms with E-state index in [0.717, 1.165) is 37.9 Å². The number of halogens is 1. The summed E-state index contributed by atoms with van der Waals surface area (Å²) in [6.07, 6.45) is 0.677. The minimum atomic E-state index is -4.00. The fourth-order valence-electron chi connectivity index (χ4n) is 3.50. The highest BCUT2D eigenvalue weighted by atomic mass is 32.2. The molecule has 0 unspecified atom stereocenters. The molecule has 1 saturated heterocycles. The van der Waals surface area contributed by atoms with E-state index in [1.807, 2.05) is 6.92 Å². The maximum Gasteiger partial charge on any atom is 0.223 e. The summed E-state index contributed by atoms with van der Waals surface area (Å²) in [5, 5.41) is 3.29. The van der Waals surface area contributed by atoms with Gasteiger partial charge in [0, 0.05) is 45.3 Å². The maximum atomic E-state index is 13.7. The molecule has 0 bridgehead atoms. The van der Waals surface area contributed by atoms with E-state index in [-0.39, 0.29) is 15.7 Å². The van der Waals surface area contributed by atoms with Gasteiger partial charge in [0.25, 0.3) is 0 Å². The minimum absolute atomic E-state index is 0.00522. The number of amides is 1. The topological polar surface area (TPSA) is 69.7 Å². The van der Waals surface area contributed by atoms with Crippen LogP contribution in [0.3, 0.4) is 0 Å². The molecule has 156 valence electrons. The van der Waals surface area contributed by atoms with Crippen LogP contribution in [0.1, 0.15) is 20.3 Å². The van der Waals surface area contributed by atoms with E-state index in [4.69, 9.17) is 0 Å². The smallest absolute Gasteiger partial charge is 0.223 e. The molecule has 0 aromatic heterocycles. The molecule has 1 aliphatic heterocycles. The zero-order chi connectivity index (χ0) is 21.0. The number of nitrogens with one attached hydrogen (secondary N) is 1. The molecule has 0 atom stereocenters. The number of carbonyl (C=O) groups is 1. The molecule has 2 aromatic carbocycles. The Balaban J connectivity index is 2.15. The molecule has 6 nitrogen and oxygen atoms in total. The van der Waals surface area contributed by atoms with Gasteiger partial charge in [0.2, 0.25) is 15.7 Å². The first kappa shape index (κ1) is 21.3. The van der Waals surface area contributed by atoms with Gasteiger partial charge in [-0.3, -0.25) is 4.79 Å². The monoisotopic (exact) mass is 419 g/mol. The molecule has 1 aliphatic rings. The molecule has 1 heterocycles. The fourth-order valence-corrected chi connectivity index (χ4v) is 4.97. The first-order valence-electron chi connectivity index (χ1n) is 9.73. The largest absolute Gasteiger partial charge is 0.369 e. The van der Waals surface area contributed by atoms with Gasteiger partial charge < -0.3 is 15.1 Å². The second kappa shape index (κ2) is 8.92. The Bertz CT molecular complexity index is 988. The highest BCUT2D eigenvalue weighted by molar-refractivity contribution is 7.91. The van der Waals surface area contributed by atoms with Crippen LogP contribution in [-0.4, -0.2) is 47.0 Å². The van der Waals surface area contributed by atoms with Gasteiger partial charge in [0.1, 0.15) is 5.82 Å². The number of benzene rings is 2. The molecule has 1 fully saturated rings. The lowest BCUT2D eigenvalue weighted by Gasteiger charge is -2.31. The third kappa shape index (κ3) is 4.59. The van der Waals surface area contributed by atoms with Crippen LogP contribution in [0, 0.1) is 5.82 Å². The van der Waals surface area contributed by atoms with E-state index in [1.165, 1.54) is 36.1 Å². The number of anilines is 2. The summed E-state index contributed by atoms with van der Waals surface area (Å²) < 4.78 is 40.3. The minimum Gasteiger partial charge on any atom is -0.369 e. The van der Waals surface area contributed by atoms with Gasteiger partial charge in [-0.05, 0) is 42.8 Å². The average molecular weight is 420 g/mol. The fraction of sp³-hybridized carbons (Fsp3) is 0.381. The van der Waals surface area contributed by atoms with E-state index in [9.17, 15) is 17.6 Å². The summed E-state index contributed by atoms with van der Waals surface area (Å²) in [4.78, 5) is 15.9. The van der Waals surface area contributed by atoms with Crippen molar-refractivity contribution in [2.75, 3.05) is 42.5 Å². The molecule has 2 aromatic rings. The van der Waals surface area contributed by atoms with E-state index in [2.05, 4.69) is 10.2 Å². The Morgan fingerprint density at radius 2 is 1.90 bits per heavy atom. The van der Waals surface area contributed by atoms with Crippen molar-refractivity contribution >= 4 is 27.1 Å². The predicted octanol–water partition coefficient (Wildman–Crippen LogP) is 2.83. The van der Waals surface area contributed by atoms with E-state index < -0.39 is 15.7 Å². The molecular formula is C21H26FN3O3S. The van der Waals surface area contributed by atoms with Gasteiger partial charge in [-0.1, -0.05) is 13.0 Å². The number of sulfone groups is 1. The second-order valence-electron chi connectivity index (χ2n) is 7.02. The van der Waals surface area contributed by atoms with Crippen molar-refractivity contribution in [3.05, 3.63) is 48.3 Å². The Kier molecular flexibility index (Phi) is 6.54. The van der Waals surface area contributed by atoms with Crippen molar-refractivity contribution < 1.29 is 17.6 Å². The molecule has 1 amide bonds. The Hall–Kier alpha value is -2.45. The quantitative estimate of drug-likeness (QED) is 0.780. The van der Waals surface area contributed by atoms with Crippen LogP contribution in [0.5, 0.6) is 0 Å². The lowest BCUT2D eigenvalue weighted by Crippen LogP contribution is -2.43. The van der Waals surface area contributed by atoms with E-state index >= 15 is 0 Å². The molecule has 1 N–H and O–H groups in total. The number of carbonyl (C=O) groups excluding carboxylic acids is 1. The Morgan fingerprint density at radius 3 is 2.52 bits per heavy atom. The molecule has 0 radical (unpaired) electrons. The summed E-state index contributed by atoms with van der Waals surface area (Å²) >= 11 is 0. The number of hydrogen-bond donors (Lipinski definition) is 1. The predicted molar refractivity (Wildman–Crippen MR) is 112 cm³/mol. The van der Waals surface area contributed by atoms with Gasteiger partial charge in [0.05, 0.1) is 15.5 Å². The van der Waals surface area contributed by atoms with Gasteiger partial charge >= 0.3 is 0 Å². The van der Waals surface area contributed by atoms with Crippen molar-refractivity contribution in [2.24, 2.45) is 0 Å². The third-order valence-electron chi connectivity index (χ3n) is 4.94. The highest BCUT2D eigenvalue weighted by Gasteiger charge is 2.27. The normalized spacial score (nSPS) is 14.7. The zero-order valence-electron chi connectivity index (χ0n) is 16.7. The molecular weight excluding hydrogens is 393 g/mol. The van der Waals surface area contributed by atoms with Crippen molar-refractivity contribution in [1.82, 2.24) is 5.32 Å². The van der Waals surface area contributed by atoms with E-state index in [0.29, 0.717) is 18.7 Å². The first-order chi connectivity index (χ1) is 13.8. The third-order valence-corrected chi connectivity index (χ3v) is 6.74. The summed E-state index contributed by atoms with van der Waals surface area (Å²) in [5.74, 6) is -0.859. The van der Waals surface area contributed by atoms with Gasteiger partial charge in [-0.25, -0.2) is 12.8 Å². The molecule has 29 heavy (non-hydrogen) atoms. The molecule has 0 aliphatic carbocycles. The van der Waals surface area contributed by atoms with Crippen LogP contribution in [0.25, 0.3) is 0 Å². The van der Waals surface area contributed by atoms with Crippen molar-refractivity contribution in [3.63, 3.8) is 0 Å². The summed E-state index contributed by atoms with van der Waals surface area (Å²) in [7, 11) is -4.00. The number of nitrogens with zero attached hydrogens (tertiary/aromatic N) is 2. The van der Waals surface area contributed by atoms with Crippen LogP contribution in [0.2, 0.25) is 0 Å². The lowest BCUT2D eigenvalue weighted by molar-refractivity contribution is -0.116. The van der Waals surface area contributed by atoms with Crippen LogP contribution in [0.15, 0.2) is 52.3 Å². The Labute approximate surface area is 171 Å². The SMILES string of the molecule is CCCN(C(C)=O)c1cc(N2CCNCC2)ccc1S(=O)(=O)c1cccc(F)c1. The molecule has 8 heteroatoms. The average Bonchev–Trinajstić information content (AvgIpc) is 2.72. The molecule has 3 rings (SSSR count). The summed E-state index contributed by atoms with van der Waals surface area (Å²) in [5.41, 5.74) is 1.20. The van der Waals surface area contributed by atoms with Crippen molar-refractivity contribution in [1.29, 1.82) is 0 Å². The molecule has 0 saturated carbocycles.